The lowest BCUT2D eigenvalue weighted by atomic mass is 9.86. The van der Waals surface area contributed by atoms with Crippen LogP contribution in [0.15, 0.2) is 59.9 Å². The third-order valence-electron chi connectivity index (χ3n) is 6.77. The summed E-state index contributed by atoms with van der Waals surface area (Å²) in [4.78, 5) is 31.0. The van der Waals surface area contributed by atoms with Gasteiger partial charge in [0.25, 0.3) is 5.91 Å². The van der Waals surface area contributed by atoms with E-state index in [2.05, 4.69) is 34.2 Å². The molecular formula is C29H34N4O3. The van der Waals surface area contributed by atoms with Crippen molar-refractivity contribution in [1.29, 1.82) is 0 Å². The van der Waals surface area contributed by atoms with E-state index in [4.69, 9.17) is 4.52 Å². The normalized spacial score (nSPS) is 16.0. The van der Waals surface area contributed by atoms with Crippen LogP contribution in [0.25, 0.3) is 11.1 Å². The Morgan fingerprint density at radius 2 is 2.06 bits per heavy atom. The first-order valence-electron chi connectivity index (χ1n) is 12.4. The minimum absolute atomic E-state index is 0.0207. The molecule has 0 spiro atoms. The van der Waals surface area contributed by atoms with Crippen LogP contribution in [0.4, 0.5) is 0 Å². The minimum atomic E-state index is -0.259. The average molecular weight is 487 g/mol. The predicted octanol–water partition coefficient (Wildman–Crippen LogP) is 5.16. The number of aromatic nitrogens is 2. The number of amides is 2. The first-order valence-corrected chi connectivity index (χ1v) is 12.4. The van der Waals surface area contributed by atoms with Gasteiger partial charge in [0.05, 0.1) is 0 Å². The first kappa shape index (κ1) is 25.4. The molecule has 1 aliphatic rings. The van der Waals surface area contributed by atoms with Crippen molar-refractivity contribution in [3.05, 3.63) is 83.5 Å². The predicted molar refractivity (Wildman–Crippen MR) is 140 cm³/mol. The lowest BCUT2D eigenvalue weighted by Gasteiger charge is -2.33. The van der Waals surface area contributed by atoms with Crippen molar-refractivity contribution < 1.29 is 14.1 Å². The molecule has 1 saturated heterocycles. The summed E-state index contributed by atoms with van der Waals surface area (Å²) in [6, 6.07) is 10.0. The zero-order valence-corrected chi connectivity index (χ0v) is 21.5. The van der Waals surface area contributed by atoms with Crippen molar-refractivity contribution in [2.75, 3.05) is 13.1 Å². The quantitative estimate of drug-likeness (QED) is 0.486. The largest absolute Gasteiger partial charge is 0.360 e. The van der Waals surface area contributed by atoms with Crippen LogP contribution in [0, 0.1) is 6.92 Å². The van der Waals surface area contributed by atoms with Crippen LogP contribution in [0.3, 0.4) is 0 Å². The number of benzene rings is 1. The van der Waals surface area contributed by atoms with Gasteiger partial charge in [0, 0.05) is 49.4 Å². The fourth-order valence-corrected chi connectivity index (χ4v) is 4.62. The molecular weight excluding hydrogens is 452 g/mol. The van der Waals surface area contributed by atoms with Gasteiger partial charge in [-0.2, -0.15) is 0 Å². The molecule has 7 heteroatoms. The molecule has 2 aromatic heterocycles. The van der Waals surface area contributed by atoms with Gasteiger partial charge in [-0.1, -0.05) is 50.7 Å². The van der Waals surface area contributed by atoms with Crippen LogP contribution < -0.4 is 5.32 Å². The molecule has 0 radical (unpaired) electrons. The summed E-state index contributed by atoms with van der Waals surface area (Å²) in [6.45, 7) is 13.6. The lowest BCUT2D eigenvalue weighted by Crippen LogP contribution is -2.38. The van der Waals surface area contributed by atoms with Crippen LogP contribution in [0.5, 0.6) is 0 Å². The molecule has 188 valence electrons. The second-order valence-corrected chi connectivity index (χ2v) is 10.4. The van der Waals surface area contributed by atoms with E-state index in [0.29, 0.717) is 18.8 Å². The maximum Gasteiger partial charge on any atom is 0.273 e. The van der Waals surface area contributed by atoms with Crippen molar-refractivity contribution in [1.82, 2.24) is 20.4 Å². The lowest BCUT2D eigenvalue weighted by molar-refractivity contribution is -0.127. The fourth-order valence-electron chi connectivity index (χ4n) is 4.62. The molecule has 0 saturated carbocycles. The number of carbonyl (C=O) groups is 2. The number of hydrogen-bond acceptors (Lipinski definition) is 5. The molecule has 0 unspecified atom stereocenters. The number of carbonyl (C=O) groups excluding carboxylic acids is 2. The minimum Gasteiger partial charge on any atom is -0.360 e. The van der Waals surface area contributed by atoms with Gasteiger partial charge in [0.1, 0.15) is 5.76 Å². The zero-order chi connectivity index (χ0) is 25.9. The Morgan fingerprint density at radius 1 is 1.25 bits per heavy atom. The molecule has 36 heavy (non-hydrogen) atoms. The van der Waals surface area contributed by atoms with Crippen LogP contribution in [-0.2, 0) is 16.8 Å². The maximum absolute atomic E-state index is 12.6. The van der Waals surface area contributed by atoms with Gasteiger partial charge >= 0.3 is 0 Å². The molecule has 1 aromatic carbocycles. The topological polar surface area (TPSA) is 88.3 Å². The Labute approximate surface area is 212 Å². The Kier molecular flexibility index (Phi) is 7.38. The standard InChI is InChI=1S/C29H34N4O3/c1-6-27(34)33-13-7-8-22(18-33)24-17-30-12-11-23(24)20-9-10-21(19(2)14-20)16-31-28(35)25-15-26(36-32-25)29(3,4)5/h6,9-12,14-15,17,22H,1,7-8,13,16,18H2,2-5H3,(H,31,35)/t22-/m1/s1. The number of likely N-dealkylation sites (tertiary alicyclic amines) is 1. The third kappa shape index (κ3) is 5.56. The van der Waals surface area contributed by atoms with Gasteiger partial charge in [-0.15, -0.1) is 0 Å². The van der Waals surface area contributed by atoms with Crippen molar-refractivity contribution in [3.63, 3.8) is 0 Å². The molecule has 1 aliphatic heterocycles. The Bertz CT molecular complexity index is 1270. The zero-order valence-electron chi connectivity index (χ0n) is 21.5. The summed E-state index contributed by atoms with van der Waals surface area (Å²) in [5, 5.41) is 6.87. The van der Waals surface area contributed by atoms with Crippen molar-refractivity contribution >= 4 is 11.8 Å². The van der Waals surface area contributed by atoms with E-state index in [0.717, 1.165) is 47.2 Å². The van der Waals surface area contributed by atoms with Crippen LogP contribution in [0.1, 0.15) is 72.5 Å². The maximum atomic E-state index is 12.6. The van der Waals surface area contributed by atoms with Crippen LogP contribution in [-0.4, -0.2) is 39.9 Å². The molecule has 0 bridgehead atoms. The summed E-state index contributed by atoms with van der Waals surface area (Å²) < 4.78 is 5.34. The van der Waals surface area contributed by atoms with Gasteiger partial charge in [-0.05, 0) is 59.7 Å². The summed E-state index contributed by atoms with van der Waals surface area (Å²) in [5.41, 5.74) is 5.56. The number of hydrogen-bond donors (Lipinski definition) is 1. The average Bonchev–Trinajstić information content (AvgIpc) is 3.39. The SMILES string of the molecule is C=CC(=O)N1CCC[C@@H](c2cnccc2-c2ccc(CNC(=O)c3cc(C(C)(C)C)on3)c(C)c2)C1. The van der Waals surface area contributed by atoms with Gasteiger partial charge in [0.15, 0.2) is 5.69 Å². The molecule has 7 nitrogen and oxygen atoms in total. The molecule has 2 amide bonds. The van der Waals surface area contributed by atoms with Gasteiger partial charge in [0.2, 0.25) is 5.91 Å². The Balaban J connectivity index is 1.49. The second-order valence-electron chi connectivity index (χ2n) is 10.4. The smallest absolute Gasteiger partial charge is 0.273 e. The summed E-state index contributed by atoms with van der Waals surface area (Å²) >= 11 is 0. The first-order chi connectivity index (χ1) is 17.2. The van der Waals surface area contributed by atoms with Crippen molar-refractivity contribution in [2.24, 2.45) is 0 Å². The van der Waals surface area contributed by atoms with E-state index >= 15 is 0 Å². The van der Waals surface area contributed by atoms with Gasteiger partial charge < -0.3 is 14.7 Å². The van der Waals surface area contributed by atoms with E-state index in [1.54, 1.807) is 6.07 Å². The monoisotopic (exact) mass is 486 g/mol. The number of pyridine rings is 1. The summed E-state index contributed by atoms with van der Waals surface area (Å²) in [5.74, 6) is 0.625. The van der Waals surface area contributed by atoms with E-state index in [9.17, 15) is 9.59 Å². The number of nitrogens with one attached hydrogen (secondary N) is 1. The Morgan fingerprint density at radius 3 is 2.75 bits per heavy atom. The molecule has 1 N–H and O–H groups in total. The molecule has 1 fully saturated rings. The third-order valence-corrected chi connectivity index (χ3v) is 6.77. The Hall–Kier alpha value is -3.74. The molecule has 0 aliphatic carbocycles. The van der Waals surface area contributed by atoms with E-state index < -0.39 is 0 Å². The van der Waals surface area contributed by atoms with Crippen molar-refractivity contribution in [2.45, 2.75) is 58.4 Å². The molecule has 3 heterocycles. The summed E-state index contributed by atoms with van der Waals surface area (Å²) in [7, 11) is 0. The molecule has 4 rings (SSSR count). The van der Waals surface area contributed by atoms with E-state index in [-0.39, 0.29) is 28.8 Å². The number of piperidine rings is 1. The number of aryl methyl sites for hydroxylation is 1. The van der Waals surface area contributed by atoms with Gasteiger partial charge in [-0.25, -0.2) is 0 Å². The highest BCUT2D eigenvalue weighted by atomic mass is 16.5. The van der Waals surface area contributed by atoms with Gasteiger partial charge in [-0.3, -0.25) is 14.6 Å². The van der Waals surface area contributed by atoms with Crippen LogP contribution >= 0.6 is 0 Å². The number of nitrogens with zero attached hydrogens (tertiary/aromatic N) is 3. The second kappa shape index (κ2) is 10.5. The highest BCUT2D eigenvalue weighted by Gasteiger charge is 2.26. The highest BCUT2D eigenvalue weighted by molar-refractivity contribution is 5.92. The fraction of sp³-hybridized carbons (Fsp3) is 0.379. The summed E-state index contributed by atoms with van der Waals surface area (Å²) in [6.07, 6.45) is 7.09. The van der Waals surface area contributed by atoms with E-state index in [1.807, 2.05) is 57.1 Å². The molecule has 3 aromatic rings. The molecule has 1 atom stereocenters. The van der Waals surface area contributed by atoms with Crippen molar-refractivity contribution in [3.8, 4) is 11.1 Å². The van der Waals surface area contributed by atoms with Crippen LogP contribution in [0.2, 0.25) is 0 Å². The number of rotatable bonds is 6. The van der Waals surface area contributed by atoms with E-state index in [1.165, 1.54) is 6.08 Å². The highest BCUT2D eigenvalue weighted by Crippen LogP contribution is 2.34.